The summed E-state index contributed by atoms with van der Waals surface area (Å²) in [4.78, 5) is 4.73. The Hall–Kier alpha value is -5.13. The molecule has 0 spiro atoms. The summed E-state index contributed by atoms with van der Waals surface area (Å²) in [6.45, 7) is 0. The molecule has 0 radical (unpaired) electrons. The van der Waals surface area contributed by atoms with E-state index in [-0.39, 0.29) is 0 Å². The maximum absolute atomic E-state index is 7.13. The zero-order valence-electron chi connectivity index (χ0n) is 25.2. The zero-order chi connectivity index (χ0) is 31.3. The molecule has 9 rings (SSSR count). The van der Waals surface area contributed by atoms with Gasteiger partial charge in [-0.3, -0.25) is 0 Å². The average molecular weight is 659 g/mol. The first kappa shape index (κ1) is 28.1. The van der Waals surface area contributed by atoms with Gasteiger partial charge in [-0.1, -0.05) is 103 Å². The van der Waals surface area contributed by atoms with Crippen LogP contribution >= 0.6 is 34.3 Å². The Morgan fingerprint density at radius 1 is 0.383 bits per heavy atom. The molecular weight excluding hydrogens is 632 g/mol. The summed E-state index contributed by atoms with van der Waals surface area (Å²) in [5.41, 5.74) is 6.66. The van der Waals surface area contributed by atoms with Crippen molar-refractivity contribution in [3.63, 3.8) is 0 Å². The van der Waals surface area contributed by atoms with Gasteiger partial charge < -0.3 is 9.80 Å². The molecule has 2 nitrogen and oxygen atoms in total. The monoisotopic (exact) mass is 658 g/mol. The van der Waals surface area contributed by atoms with E-state index in [1.54, 1.807) is 11.3 Å². The van der Waals surface area contributed by atoms with Crippen LogP contribution in [0, 0.1) is 0 Å². The lowest BCUT2D eigenvalue weighted by Crippen LogP contribution is -2.10. The third-order valence-electron chi connectivity index (χ3n) is 8.68. The number of fused-ring (bicyclic) bond motifs is 6. The van der Waals surface area contributed by atoms with Gasteiger partial charge in [-0.05, 0) is 72.8 Å². The van der Waals surface area contributed by atoms with Crippen molar-refractivity contribution in [1.82, 2.24) is 0 Å². The van der Waals surface area contributed by atoms with Gasteiger partial charge in [0, 0.05) is 58.4 Å². The van der Waals surface area contributed by atoms with Crippen LogP contribution in [0.5, 0.6) is 0 Å². The third-order valence-corrected chi connectivity index (χ3v) is 11.3. The fourth-order valence-corrected chi connectivity index (χ4v) is 9.45. The maximum atomic E-state index is 7.13. The van der Waals surface area contributed by atoms with E-state index in [9.17, 15) is 0 Å². The predicted molar refractivity (Wildman–Crippen MR) is 207 cm³/mol. The summed E-state index contributed by atoms with van der Waals surface area (Å²) in [6, 6.07) is 58.2. The second-order valence-corrected chi connectivity index (χ2v) is 14.0. The minimum absolute atomic E-state index is 0.767. The molecule has 0 aliphatic carbocycles. The van der Waals surface area contributed by atoms with E-state index < -0.39 is 0 Å². The molecule has 0 amide bonds. The fraction of sp³-hybridized carbons (Fsp3) is 0. The normalized spacial score (nSPS) is 11.5. The molecule has 5 heteroatoms. The first-order valence-electron chi connectivity index (χ1n) is 15.5. The second-order valence-electron chi connectivity index (χ2n) is 11.5. The van der Waals surface area contributed by atoms with Crippen LogP contribution in [0.2, 0.25) is 5.02 Å². The highest BCUT2D eigenvalue weighted by Gasteiger charge is 2.23. The number of thiophene rings is 2. The lowest BCUT2D eigenvalue weighted by Gasteiger charge is -2.27. The highest BCUT2D eigenvalue weighted by molar-refractivity contribution is 7.26. The molecule has 0 saturated carbocycles. The largest absolute Gasteiger partial charge is 0.310 e. The van der Waals surface area contributed by atoms with Gasteiger partial charge in [-0.15, -0.1) is 22.7 Å². The minimum atomic E-state index is 0.767. The number of halogens is 1. The van der Waals surface area contributed by atoms with Gasteiger partial charge in [0.2, 0.25) is 0 Å². The molecule has 0 aliphatic rings. The lowest BCUT2D eigenvalue weighted by atomic mass is 10.1. The van der Waals surface area contributed by atoms with Gasteiger partial charge >= 0.3 is 0 Å². The Bertz CT molecular complexity index is 2500. The number of anilines is 6. The van der Waals surface area contributed by atoms with Gasteiger partial charge in [0.25, 0.3) is 0 Å². The molecule has 47 heavy (non-hydrogen) atoms. The molecule has 0 bridgehead atoms. The van der Waals surface area contributed by atoms with Crippen LogP contribution in [0.3, 0.4) is 0 Å². The van der Waals surface area contributed by atoms with Crippen molar-refractivity contribution in [2.75, 3.05) is 9.80 Å². The van der Waals surface area contributed by atoms with Gasteiger partial charge in [0.05, 0.1) is 21.1 Å². The fourth-order valence-electron chi connectivity index (χ4n) is 6.68. The SMILES string of the molecule is Clc1cc(N(c2ccccc2)c2cccc3c2sc2cccc(N(c4ccccc4)c4ccccc4)c23)cc2sc3ccccc3c12. The van der Waals surface area contributed by atoms with Crippen LogP contribution in [0.15, 0.2) is 164 Å². The Morgan fingerprint density at radius 3 is 1.60 bits per heavy atom. The van der Waals surface area contributed by atoms with Crippen molar-refractivity contribution >= 4 is 109 Å². The van der Waals surface area contributed by atoms with Crippen molar-refractivity contribution in [2.45, 2.75) is 0 Å². The smallest absolute Gasteiger partial charge is 0.0640 e. The molecule has 224 valence electrons. The van der Waals surface area contributed by atoms with Crippen molar-refractivity contribution in [3.05, 3.63) is 169 Å². The number of hydrogen-bond donors (Lipinski definition) is 0. The summed E-state index contributed by atoms with van der Waals surface area (Å²) < 4.78 is 4.90. The Balaban J connectivity index is 1.30. The zero-order valence-corrected chi connectivity index (χ0v) is 27.6. The highest BCUT2D eigenvalue weighted by Crippen LogP contribution is 2.50. The van der Waals surface area contributed by atoms with Crippen LogP contribution in [0.25, 0.3) is 40.3 Å². The molecule has 0 fully saturated rings. The summed E-state index contributed by atoms with van der Waals surface area (Å²) in [7, 11) is 0. The molecule has 2 aromatic heterocycles. The summed E-state index contributed by atoms with van der Waals surface area (Å²) >= 11 is 10.8. The first-order valence-corrected chi connectivity index (χ1v) is 17.6. The molecular formula is C42H27ClN2S2. The number of nitrogens with zero attached hydrogens (tertiary/aromatic N) is 2. The van der Waals surface area contributed by atoms with E-state index in [2.05, 4.69) is 174 Å². The van der Waals surface area contributed by atoms with Crippen LogP contribution in [-0.2, 0) is 0 Å². The minimum Gasteiger partial charge on any atom is -0.310 e. The van der Waals surface area contributed by atoms with E-state index >= 15 is 0 Å². The highest BCUT2D eigenvalue weighted by atomic mass is 35.5. The van der Waals surface area contributed by atoms with Crippen LogP contribution in [0.4, 0.5) is 34.1 Å². The molecule has 9 aromatic rings. The van der Waals surface area contributed by atoms with Crippen molar-refractivity contribution in [1.29, 1.82) is 0 Å². The molecule has 0 unspecified atom stereocenters. The predicted octanol–water partition coefficient (Wildman–Crippen LogP) is 14.0. The number of hydrogen-bond acceptors (Lipinski definition) is 4. The van der Waals surface area contributed by atoms with Gasteiger partial charge in [-0.25, -0.2) is 0 Å². The Kier molecular flexibility index (Phi) is 6.93. The standard InChI is InChI=1S/C42H27ClN2S2/c43-34-26-31(27-39-40(34)32-20-10-11-24-37(32)46-39)45(30-18-8-3-9-19-30)36-23-12-21-33-41-35(22-13-25-38(41)47-42(33)36)44(28-14-4-1-5-15-28)29-16-6-2-7-17-29/h1-27H. The summed E-state index contributed by atoms with van der Waals surface area (Å²) in [5.74, 6) is 0. The number of benzene rings is 7. The van der Waals surface area contributed by atoms with Crippen LogP contribution in [0.1, 0.15) is 0 Å². The van der Waals surface area contributed by atoms with E-state index in [0.717, 1.165) is 44.5 Å². The van der Waals surface area contributed by atoms with Gasteiger partial charge in [-0.2, -0.15) is 0 Å². The van der Waals surface area contributed by atoms with E-state index in [0.29, 0.717) is 0 Å². The average Bonchev–Trinajstić information content (AvgIpc) is 3.70. The molecule has 7 aromatic carbocycles. The Labute approximate surface area is 285 Å². The summed E-state index contributed by atoms with van der Waals surface area (Å²) in [6.07, 6.45) is 0. The number of rotatable bonds is 6. The first-order chi connectivity index (χ1) is 23.2. The van der Waals surface area contributed by atoms with Gasteiger partial charge in [0.1, 0.15) is 0 Å². The molecule has 0 saturated heterocycles. The second kappa shape index (κ2) is 11.6. The van der Waals surface area contributed by atoms with E-state index in [1.807, 2.05) is 11.3 Å². The van der Waals surface area contributed by atoms with E-state index in [1.165, 1.54) is 35.0 Å². The molecule has 0 aliphatic heterocycles. The van der Waals surface area contributed by atoms with E-state index in [4.69, 9.17) is 11.6 Å². The van der Waals surface area contributed by atoms with Crippen molar-refractivity contribution < 1.29 is 0 Å². The number of para-hydroxylation sites is 3. The molecule has 0 atom stereocenters. The third kappa shape index (κ3) is 4.76. The summed E-state index contributed by atoms with van der Waals surface area (Å²) in [5, 5.41) is 5.56. The maximum Gasteiger partial charge on any atom is 0.0640 e. The topological polar surface area (TPSA) is 6.48 Å². The van der Waals surface area contributed by atoms with Crippen LogP contribution in [-0.4, -0.2) is 0 Å². The van der Waals surface area contributed by atoms with Crippen molar-refractivity contribution in [2.24, 2.45) is 0 Å². The van der Waals surface area contributed by atoms with Gasteiger partial charge in [0.15, 0.2) is 0 Å². The Morgan fingerprint density at radius 2 is 0.915 bits per heavy atom. The van der Waals surface area contributed by atoms with Crippen LogP contribution < -0.4 is 9.80 Å². The lowest BCUT2D eigenvalue weighted by molar-refractivity contribution is 1.30. The molecule has 0 N–H and O–H groups in total. The molecule has 2 heterocycles. The quantitative estimate of drug-likeness (QED) is 0.175. The van der Waals surface area contributed by atoms with Crippen molar-refractivity contribution in [3.8, 4) is 0 Å².